The molecule has 17 heavy (non-hydrogen) atoms. The van der Waals surface area contributed by atoms with Crippen LogP contribution in [0.1, 0.15) is 18.4 Å². The second kappa shape index (κ2) is 4.49. The van der Waals surface area contributed by atoms with Crippen LogP contribution < -0.4 is 0 Å². The third kappa shape index (κ3) is 2.66. The van der Waals surface area contributed by atoms with Gasteiger partial charge >= 0.3 is 5.97 Å². The summed E-state index contributed by atoms with van der Waals surface area (Å²) in [7, 11) is -3.38. The van der Waals surface area contributed by atoms with Crippen molar-refractivity contribution < 1.29 is 17.9 Å². The van der Waals surface area contributed by atoms with Crippen molar-refractivity contribution >= 4 is 15.8 Å². The topological polar surface area (TPSA) is 60.4 Å². The van der Waals surface area contributed by atoms with Crippen LogP contribution in [0.3, 0.4) is 0 Å². The molecule has 1 saturated heterocycles. The van der Waals surface area contributed by atoms with Gasteiger partial charge in [-0.2, -0.15) is 0 Å². The predicted molar refractivity (Wildman–Crippen MR) is 62.3 cm³/mol. The molecule has 0 saturated carbocycles. The number of aryl methyl sites for hydroxylation is 1. The van der Waals surface area contributed by atoms with Gasteiger partial charge in [0.15, 0.2) is 9.84 Å². The number of hydrogen-bond donors (Lipinski definition) is 0. The number of carbonyl (C=O) groups is 1. The van der Waals surface area contributed by atoms with E-state index in [1.54, 1.807) is 31.2 Å². The van der Waals surface area contributed by atoms with Crippen LogP contribution >= 0.6 is 0 Å². The van der Waals surface area contributed by atoms with E-state index in [2.05, 4.69) is 0 Å². The molecule has 1 aliphatic rings. The lowest BCUT2D eigenvalue weighted by Crippen LogP contribution is -2.21. The van der Waals surface area contributed by atoms with Crippen molar-refractivity contribution in [2.24, 2.45) is 0 Å². The molecule has 4 nitrogen and oxygen atoms in total. The molecule has 1 heterocycles. The lowest BCUT2D eigenvalue weighted by atomic mass is 10.2. The second-order valence-corrected chi connectivity index (χ2v) is 6.20. The van der Waals surface area contributed by atoms with Crippen LogP contribution in [0.25, 0.3) is 0 Å². The summed E-state index contributed by atoms with van der Waals surface area (Å²) in [5, 5.41) is 0. The largest absolute Gasteiger partial charge is 0.461 e. The number of esters is 1. The Morgan fingerprint density at radius 2 is 2.06 bits per heavy atom. The quantitative estimate of drug-likeness (QED) is 0.766. The Bertz CT molecular complexity index is 533. The zero-order valence-corrected chi connectivity index (χ0v) is 10.4. The Hall–Kier alpha value is -1.36. The van der Waals surface area contributed by atoms with Gasteiger partial charge in [0.1, 0.15) is 6.10 Å². The normalized spacial score (nSPS) is 20.3. The highest BCUT2D eigenvalue weighted by Crippen LogP contribution is 2.21. The van der Waals surface area contributed by atoms with Gasteiger partial charge in [-0.3, -0.25) is 4.79 Å². The molecule has 2 rings (SSSR count). The lowest BCUT2D eigenvalue weighted by Gasteiger charge is -2.11. The maximum atomic E-state index is 12.1. The van der Waals surface area contributed by atoms with E-state index in [1.807, 2.05) is 0 Å². The van der Waals surface area contributed by atoms with E-state index in [9.17, 15) is 13.2 Å². The van der Waals surface area contributed by atoms with Crippen molar-refractivity contribution in [1.29, 1.82) is 0 Å². The van der Waals surface area contributed by atoms with Gasteiger partial charge in [-0.15, -0.1) is 0 Å². The minimum Gasteiger partial charge on any atom is -0.461 e. The SMILES string of the molecule is Cc1ccccc1S(=O)(=O)CC1CCC(=O)O1. The van der Waals surface area contributed by atoms with E-state index in [-0.39, 0.29) is 11.7 Å². The molecule has 0 radical (unpaired) electrons. The van der Waals surface area contributed by atoms with Crippen molar-refractivity contribution in [2.75, 3.05) is 5.75 Å². The van der Waals surface area contributed by atoms with Crippen molar-refractivity contribution in [1.82, 2.24) is 0 Å². The summed E-state index contributed by atoms with van der Waals surface area (Å²) in [6, 6.07) is 6.83. The Balaban J connectivity index is 2.20. The number of carbonyl (C=O) groups excluding carboxylic acids is 1. The molecule has 1 atom stereocenters. The molecule has 5 heteroatoms. The highest BCUT2D eigenvalue weighted by Gasteiger charge is 2.29. The summed E-state index contributed by atoms with van der Waals surface area (Å²) in [6.07, 6.45) is 0.310. The van der Waals surface area contributed by atoms with Gasteiger partial charge in [0.25, 0.3) is 0 Å². The number of cyclic esters (lactones) is 1. The molecule has 1 aromatic rings. The molecule has 0 N–H and O–H groups in total. The van der Waals surface area contributed by atoms with Crippen molar-refractivity contribution in [2.45, 2.75) is 30.8 Å². The van der Waals surface area contributed by atoms with Gasteiger partial charge in [-0.25, -0.2) is 8.42 Å². The van der Waals surface area contributed by atoms with Crippen LogP contribution in [0.15, 0.2) is 29.2 Å². The van der Waals surface area contributed by atoms with Crippen molar-refractivity contribution in [3.8, 4) is 0 Å². The Morgan fingerprint density at radius 1 is 1.35 bits per heavy atom. The van der Waals surface area contributed by atoms with E-state index in [4.69, 9.17) is 4.74 Å². The molecule has 0 aliphatic carbocycles. The standard InChI is InChI=1S/C12H14O4S/c1-9-4-2-3-5-11(9)17(14,15)8-10-6-7-12(13)16-10/h2-5,10H,6-8H2,1H3. The van der Waals surface area contributed by atoms with E-state index in [0.717, 1.165) is 5.56 Å². The summed E-state index contributed by atoms with van der Waals surface area (Å²) in [5.74, 6) is -0.432. The van der Waals surface area contributed by atoms with Crippen LogP contribution in [0.4, 0.5) is 0 Å². The molecule has 1 fully saturated rings. The first-order valence-electron chi connectivity index (χ1n) is 5.47. The maximum absolute atomic E-state index is 12.1. The van der Waals surface area contributed by atoms with Gasteiger partial charge in [0.05, 0.1) is 10.6 Å². The first-order valence-corrected chi connectivity index (χ1v) is 7.12. The fourth-order valence-electron chi connectivity index (χ4n) is 1.94. The van der Waals surface area contributed by atoms with Gasteiger partial charge in [-0.1, -0.05) is 18.2 Å². The van der Waals surface area contributed by atoms with Crippen LogP contribution in [-0.4, -0.2) is 26.2 Å². The Morgan fingerprint density at radius 3 is 2.65 bits per heavy atom. The zero-order valence-electron chi connectivity index (χ0n) is 9.55. The Kier molecular flexibility index (Phi) is 3.19. The molecule has 0 spiro atoms. The third-order valence-corrected chi connectivity index (χ3v) is 4.74. The average Bonchev–Trinajstić information content (AvgIpc) is 2.63. The van der Waals surface area contributed by atoms with Gasteiger partial charge in [-0.05, 0) is 25.0 Å². The third-order valence-electron chi connectivity index (χ3n) is 2.80. The van der Waals surface area contributed by atoms with Crippen LogP contribution in [-0.2, 0) is 19.4 Å². The molecule has 1 aromatic carbocycles. The molecule has 92 valence electrons. The predicted octanol–water partition coefficient (Wildman–Crippen LogP) is 1.47. The molecular formula is C12H14O4S. The summed E-state index contributed by atoms with van der Waals surface area (Å²) in [4.78, 5) is 11.2. The summed E-state index contributed by atoms with van der Waals surface area (Å²) in [6.45, 7) is 1.76. The summed E-state index contributed by atoms with van der Waals surface area (Å²) in [5.41, 5.74) is 0.719. The maximum Gasteiger partial charge on any atom is 0.306 e. The summed E-state index contributed by atoms with van der Waals surface area (Å²) < 4.78 is 29.2. The minimum atomic E-state index is -3.38. The fourth-order valence-corrected chi connectivity index (χ4v) is 3.69. The monoisotopic (exact) mass is 254 g/mol. The minimum absolute atomic E-state index is 0.121. The molecule has 0 aromatic heterocycles. The second-order valence-electron chi connectivity index (χ2n) is 4.20. The lowest BCUT2D eigenvalue weighted by molar-refractivity contribution is -0.140. The van der Waals surface area contributed by atoms with E-state index < -0.39 is 15.9 Å². The average molecular weight is 254 g/mol. The fraction of sp³-hybridized carbons (Fsp3) is 0.417. The number of hydrogen-bond acceptors (Lipinski definition) is 4. The molecule has 0 amide bonds. The highest BCUT2D eigenvalue weighted by atomic mass is 32.2. The number of rotatable bonds is 3. The van der Waals surface area contributed by atoms with Gasteiger partial charge in [0.2, 0.25) is 0 Å². The number of sulfone groups is 1. The Labute approximate surface area is 101 Å². The van der Waals surface area contributed by atoms with E-state index >= 15 is 0 Å². The van der Waals surface area contributed by atoms with Crippen LogP contribution in [0.5, 0.6) is 0 Å². The van der Waals surface area contributed by atoms with Crippen LogP contribution in [0.2, 0.25) is 0 Å². The van der Waals surface area contributed by atoms with E-state index in [0.29, 0.717) is 17.7 Å². The highest BCUT2D eigenvalue weighted by molar-refractivity contribution is 7.91. The van der Waals surface area contributed by atoms with Gasteiger partial charge in [0, 0.05) is 6.42 Å². The van der Waals surface area contributed by atoms with E-state index in [1.165, 1.54) is 0 Å². The molecular weight excluding hydrogens is 240 g/mol. The number of ether oxygens (including phenoxy) is 1. The molecule has 1 unspecified atom stereocenters. The molecule has 0 bridgehead atoms. The number of benzene rings is 1. The first kappa shape index (κ1) is 12.1. The summed E-state index contributed by atoms with van der Waals surface area (Å²) >= 11 is 0. The zero-order chi connectivity index (χ0) is 12.5. The van der Waals surface area contributed by atoms with Crippen molar-refractivity contribution in [3.05, 3.63) is 29.8 Å². The van der Waals surface area contributed by atoms with Crippen LogP contribution in [0, 0.1) is 6.92 Å². The first-order chi connectivity index (χ1) is 7.99. The molecule has 1 aliphatic heterocycles. The van der Waals surface area contributed by atoms with Gasteiger partial charge < -0.3 is 4.74 Å². The smallest absolute Gasteiger partial charge is 0.306 e. The van der Waals surface area contributed by atoms with Crippen molar-refractivity contribution in [3.63, 3.8) is 0 Å².